The van der Waals surface area contributed by atoms with Crippen LogP contribution in [-0.2, 0) is 14.6 Å². The predicted molar refractivity (Wildman–Crippen MR) is 78.0 cm³/mol. The van der Waals surface area contributed by atoms with Gasteiger partial charge in [-0.1, -0.05) is 0 Å². The number of nitrogens with zero attached hydrogens (tertiary/aromatic N) is 2. The molecule has 2 saturated heterocycles. The van der Waals surface area contributed by atoms with E-state index >= 15 is 0 Å². The van der Waals surface area contributed by atoms with E-state index in [0.29, 0.717) is 6.42 Å². The molecule has 1 aromatic heterocycles. The van der Waals surface area contributed by atoms with Crippen LogP contribution in [0.15, 0.2) is 18.3 Å². The molecule has 110 valence electrons. The number of pyridine rings is 1. The van der Waals surface area contributed by atoms with Crippen LogP contribution in [0.4, 0.5) is 11.5 Å². The molecule has 2 aliphatic rings. The van der Waals surface area contributed by atoms with Crippen LogP contribution in [0.3, 0.4) is 0 Å². The van der Waals surface area contributed by atoms with Crippen molar-refractivity contribution in [2.45, 2.75) is 12.5 Å². The second kappa shape index (κ2) is 5.57. The first kappa shape index (κ1) is 13.6. The van der Waals surface area contributed by atoms with Crippen molar-refractivity contribution in [1.29, 1.82) is 0 Å². The van der Waals surface area contributed by atoms with E-state index in [1.807, 2.05) is 12.1 Å². The van der Waals surface area contributed by atoms with Crippen molar-refractivity contribution in [3.63, 3.8) is 0 Å². The number of sulfone groups is 1. The first-order valence-corrected chi connectivity index (χ1v) is 8.70. The molecule has 1 atom stereocenters. The summed E-state index contributed by atoms with van der Waals surface area (Å²) in [5, 5.41) is 3.24. The highest BCUT2D eigenvalue weighted by molar-refractivity contribution is 7.91. The van der Waals surface area contributed by atoms with Crippen molar-refractivity contribution >= 4 is 21.3 Å². The fraction of sp³-hybridized carbons (Fsp3) is 0.615. The maximum absolute atomic E-state index is 11.4. The standard InChI is InChI=1S/C13H19N3O3S/c17-20(18)8-3-12(10-20)15-11-1-2-13(14-9-11)16-4-6-19-7-5-16/h1-2,9,12,15H,3-8,10H2. The molecule has 3 rings (SSSR count). The van der Waals surface area contributed by atoms with Gasteiger partial charge in [-0.25, -0.2) is 13.4 Å². The number of hydrogen-bond acceptors (Lipinski definition) is 6. The van der Waals surface area contributed by atoms with Crippen molar-refractivity contribution < 1.29 is 13.2 Å². The van der Waals surface area contributed by atoms with Gasteiger partial charge in [0.25, 0.3) is 0 Å². The number of anilines is 2. The zero-order valence-electron chi connectivity index (χ0n) is 11.3. The van der Waals surface area contributed by atoms with E-state index in [-0.39, 0.29) is 17.5 Å². The van der Waals surface area contributed by atoms with E-state index in [1.54, 1.807) is 6.20 Å². The smallest absolute Gasteiger partial charge is 0.152 e. The van der Waals surface area contributed by atoms with Crippen molar-refractivity contribution in [2.24, 2.45) is 0 Å². The highest BCUT2D eigenvalue weighted by Crippen LogP contribution is 2.19. The average Bonchev–Trinajstić information content (AvgIpc) is 2.80. The van der Waals surface area contributed by atoms with Crippen LogP contribution in [0.5, 0.6) is 0 Å². The maximum atomic E-state index is 11.4. The van der Waals surface area contributed by atoms with E-state index < -0.39 is 9.84 Å². The summed E-state index contributed by atoms with van der Waals surface area (Å²) < 4.78 is 28.1. The molecule has 1 unspecified atom stereocenters. The zero-order valence-corrected chi connectivity index (χ0v) is 12.1. The molecule has 3 heterocycles. The molecular formula is C13H19N3O3S. The minimum atomic E-state index is -2.85. The lowest BCUT2D eigenvalue weighted by Gasteiger charge is -2.27. The minimum Gasteiger partial charge on any atom is -0.380 e. The summed E-state index contributed by atoms with van der Waals surface area (Å²) in [6.45, 7) is 3.20. The van der Waals surface area contributed by atoms with Crippen LogP contribution in [0, 0.1) is 0 Å². The van der Waals surface area contributed by atoms with E-state index in [2.05, 4.69) is 15.2 Å². The molecule has 6 nitrogen and oxygen atoms in total. The summed E-state index contributed by atoms with van der Waals surface area (Å²) in [5.74, 6) is 1.44. The fourth-order valence-corrected chi connectivity index (χ4v) is 4.27. The normalized spacial score (nSPS) is 25.6. The molecule has 2 aliphatic heterocycles. The third-order valence-electron chi connectivity index (χ3n) is 3.69. The molecule has 0 amide bonds. The molecule has 0 radical (unpaired) electrons. The second-order valence-corrected chi connectivity index (χ2v) is 7.48. The van der Waals surface area contributed by atoms with Gasteiger partial charge >= 0.3 is 0 Å². The molecule has 20 heavy (non-hydrogen) atoms. The molecule has 0 spiro atoms. The van der Waals surface area contributed by atoms with E-state index in [4.69, 9.17) is 4.74 Å². The van der Waals surface area contributed by atoms with Gasteiger partial charge in [0.05, 0.1) is 36.6 Å². The fourth-order valence-electron chi connectivity index (χ4n) is 2.60. The van der Waals surface area contributed by atoms with Gasteiger partial charge in [-0.2, -0.15) is 0 Å². The molecule has 0 aromatic carbocycles. The first-order valence-electron chi connectivity index (χ1n) is 6.88. The van der Waals surface area contributed by atoms with Gasteiger partial charge < -0.3 is 15.0 Å². The van der Waals surface area contributed by atoms with Gasteiger partial charge in [0.1, 0.15) is 5.82 Å². The predicted octanol–water partition coefficient (Wildman–Crippen LogP) is 0.517. The molecule has 2 fully saturated rings. The van der Waals surface area contributed by atoms with Crippen LogP contribution in [0.2, 0.25) is 0 Å². The molecule has 0 aliphatic carbocycles. The van der Waals surface area contributed by atoms with Gasteiger partial charge in [0, 0.05) is 19.1 Å². The van der Waals surface area contributed by atoms with Gasteiger partial charge in [-0.15, -0.1) is 0 Å². The Balaban J connectivity index is 1.61. The topological polar surface area (TPSA) is 71.5 Å². The van der Waals surface area contributed by atoms with E-state index in [1.165, 1.54) is 0 Å². The maximum Gasteiger partial charge on any atom is 0.152 e. The molecular weight excluding hydrogens is 278 g/mol. The number of nitrogens with one attached hydrogen (secondary N) is 1. The number of hydrogen-bond donors (Lipinski definition) is 1. The summed E-state index contributed by atoms with van der Waals surface area (Å²) in [6, 6.07) is 3.94. The lowest BCUT2D eigenvalue weighted by Crippen LogP contribution is -2.36. The van der Waals surface area contributed by atoms with Crippen LogP contribution < -0.4 is 10.2 Å². The SMILES string of the molecule is O=S1(=O)CCC(Nc2ccc(N3CCOCC3)nc2)C1. The molecule has 1 aromatic rings. The van der Waals surface area contributed by atoms with Crippen LogP contribution >= 0.6 is 0 Å². The summed E-state index contributed by atoms with van der Waals surface area (Å²) in [7, 11) is -2.85. The molecule has 0 bridgehead atoms. The Labute approximate surface area is 119 Å². The second-order valence-electron chi connectivity index (χ2n) is 5.25. The van der Waals surface area contributed by atoms with Crippen LogP contribution in [-0.4, -0.2) is 57.3 Å². The Bertz CT molecular complexity index is 553. The Kier molecular flexibility index (Phi) is 3.80. The third kappa shape index (κ3) is 3.21. The Hall–Kier alpha value is -1.34. The van der Waals surface area contributed by atoms with E-state index in [0.717, 1.165) is 37.8 Å². The minimum absolute atomic E-state index is 0.0102. The van der Waals surface area contributed by atoms with Gasteiger partial charge in [-0.05, 0) is 18.6 Å². The summed E-state index contributed by atoms with van der Waals surface area (Å²) >= 11 is 0. The largest absolute Gasteiger partial charge is 0.380 e. The van der Waals surface area contributed by atoms with Crippen LogP contribution in [0.25, 0.3) is 0 Å². The van der Waals surface area contributed by atoms with Gasteiger partial charge in [0.15, 0.2) is 9.84 Å². The van der Waals surface area contributed by atoms with Crippen molar-refractivity contribution in [1.82, 2.24) is 4.98 Å². The molecule has 1 N–H and O–H groups in total. The number of ether oxygens (including phenoxy) is 1. The average molecular weight is 297 g/mol. The van der Waals surface area contributed by atoms with Crippen molar-refractivity contribution in [3.8, 4) is 0 Å². The number of rotatable bonds is 3. The molecule has 7 heteroatoms. The highest BCUT2D eigenvalue weighted by atomic mass is 32.2. The first-order chi connectivity index (χ1) is 9.62. The Morgan fingerprint density at radius 2 is 2.10 bits per heavy atom. The number of morpholine rings is 1. The summed E-state index contributed by atoms with van der Waals surface area (Å²) in [4.78, 5) is 6.63. The Morgan fingerprint density at radius 1 is 1.30 bits per heavy atom. The summed E-state index contributed by atoms with van der Waals surface area (Å²) in [6.07, 6.45) is 2.45. The molecule has 0 saturated carbocycles. The lowest BCUT2D eigenvalue weighted by atomic mass is 10.2. The van der Waals surface area contributed by atoms with Gasteiger partial charge in [0.2, 0.25) is 0 Å². The highest BCUT2D eigenvalue weighted by Gasteiger charge is 2.27. The van der Waals surface area contributed by atoms with Crippen molar-refractivity contribution in [2.75, 3.05) is 48.0 Å². The number of aromatic nitrogens is 1. The zero-order chi connectivity index (χ0) is 14.0. The van der Waals surface area contributed by atoms with Gasteiger partial charge in [-0.3, -0.25) is 0 Å². The summed E-state index contributed by atoms with van der Waals surface area (Å²) in [5.41, 5.74) is 0.879. The van der Waals surface area contributed by atoms with E-state index in [9.17, 15) is 8.42 Å². The van der Waals surface area contributed by atoms with Crippen LogP contribution in [0.1, 0.15) is 6.42 Å². The lowest BCUT2D eigenvalue weighted by molar-refractivity contribution is 0.122. The monoisotopic (exact) mass is 297 g/mol. The quantitative estimate of drug-likeness (QED) is 0.877. The Morgan fingerprint density at radius 3 is 2.70 bits per heavy atom. The third-order valence-corrected chi connectivity index (χ3v) is 5.45. The van der Waals surface area contributed by atoms with Crippen molar-refractivity contribution in [3.05, 3.63) is 18.3 Å².